The van der Waals surface area contributed by atoms with Crippen LogP contribution in [0.3, 0.4) is 0 Å². The van der Waals surface area contributed by atoms with Crippen molar-refractivity contribution in [3.05, 3.63) is 222 Å². The van der Waals surface area contributed by atoms with Crippen molar-refractivity contribution in [3.8, 4) is 56.2 Å². The lowest BCUT2D eigenvalue weighted by atomic mass is 9.67. The fourth-order valence-electron chi connectivity index (χ4n) is 8.23. The van der Waals surface area contributed by atoms with Crippen molar-refractivity contribution < 1.29 is 0 Å². The second-order valence-corrected chi connectivity index (χ2v) is 13.6. The van der Waals surface area contributed by atoms with Crippen LogP contribution in [0.1, 0.15) is 22.3 Å². The first-order valence-electron chi connectivity index (χ1n) is 18.0. The molecule has 3 heteroatoms. The van der Waals surface area contributed by atoms with Crippen LogP contribution in [-0.2, 0) is 5.41 Å². The van der Waals surface area contributed by atoms with E-state index in [0.29, 0.717) is 5.82 Å². The second kappa shape index (κ2) is 12.7. The van der Waals surface area contributed by atoms with E-state index in [1.54, 1.807) is 0 Å². The number of nitrogens with zero attached hydrogens (tertiary/aromatic N) is 3. The van der Waals surface area contributed by atoms with E-state index < -0.39 is 5.41 Å². The van der Waals surface area contributed by atoms with E-state index in [4.69, 9.17) is 10.1 Å². The van der Waals surface area contributed by atoms with Crippen molar-refractivity contribution in [2.75, 3.05) is 0 Å². The molecule has 0 saturated heterocycles. The Labute approximate surface area is 308 Å². The highest BCUT2D eigenvalue weighted by molar-refractivity contribution is 5.90. The fourth-order valence-corrected chi connectivity index (χ4v) is 8.23. The molecule has 53 heavy (non-hydrogen) atoms. The van der Waals surface area contributed by atoms with Gasteiger partial charge in [-0.1, -0.05) is 188 Å². The van der Waals surface area contributed by atoms with Crippen molar-refractivity contribution in [1.82, 2.24) is 15.2 Å². The first kappa shape index (κ1) is 30.8. The minimum Gasteiger partial charge on any atom is -0.224 e. The molecule has 1 aliphatic carbocycles. The molecule has 0 N–H and O–H groups in total. The van der Waals surface area contributed by atoms with E-state index in [1.165, 1.54) is 38.8 Å². The Morgan fingerprint density at radius 1 is 0.321 bits per heavy atom. The molecule has 0 bridgehead atoms. The first-order chi connectivity index (χ1) is 26.3. The summed E-state index contributed by atoms with van der Waals surface area (Å²) >= 11 is 0. The molecule has 0 fully saturated rings. The first-order valence-corrected chi connectivity index (χ1v) is 18.0. The van der Waals surface area contributed by atoms with Crippen LogP contribution in [0.15, 0.2) is 200 Å². The maximum absolute atomic E-state index is 5.15. The molecule has 10 rings (SSSR count). The third-order valence-electron chi connectivity index (χ3n) is 10.7. The molecule has 0 saturated carbocycles. The standard InChI is InChI=1S/C50H33N3/c1-3-15-36(16-4-1)47-48(40-31-28-34-14-7-8-17-38(34)32-40)52-53-49(51-47)37-29-26-35(27-30-37)39-18-13-21-42(33-39)50(41-19-5-2-6-20-41)45-24-11-9-22-43(45)44-23-10-12-25-46(44)50/h1-33H. The van der Waals surface area contributed by atoms with Crippen LogP contribution in [0, 0.1) is 0 Å². The van der Waals surface area contributed by atoms with Crippen LogP contribution >= 0.6 is 0 Å². The molecule has 9 aromatic rings. The van der Waals surface area contributed by atoms with E-state index in [2.05, 4.69) is 187 Å². The van der Waals surface area contributed by atoms with E-state index in [0.717, 1.165) is 44.6 Å². The van der Waals surface area contributed by atoms with Gasteiger partial charge in [0.1, 0.15) is 11.4 Å². The largest absolute Gasteiger partial charge is 0.224 e. The van der Waals surface area contributed by atoms with Crippen molar-refractivity contribution in [3.63, 3.8) is 0 Å². The lowest BCUT2D eigenvalue weighted by Crippen LogP contribution is -2.28. The van der Waals surface area contributed by atoms with Crippen molar-refractivity contribution in [2.24, 2.45) is 0 Å². The molecule has 0 spiro atoms. The average Bonchev–Trinajstić information content (AvgIpc) is 3.55. The van der Waals surface area contributed by atoms with Crippen LogP contribution in [0.4, 0.5) is 0 Å². The summed E-state index contributed by atoms with van der Waals surface area (Å²) in [5.74, 6) is 0.593. The van der Waals surface area contributed by atoms with Gasteiger partial charge in [0.2, 0.25) is 0 Å². The van der Waals surface area contributed by atoms with Crippen molar-refractivity contribution in [2.45, 2.75) is 5.41 Å². The summed E-state index contributed by atoms with van der Waals surface area (Å²) in [5.41, 5.74) is 14.0. The van der Waals surface area contributed by atoms with E-state index in [-0.39, 0.29) is 0 Å². The minimum atomic E-state index is -0.440. The molecule has 8 aromatic carbocycles. The Kier molecular flexibility index (Phi) is 7.36. The number of hydrogen-bond acceptors (Lipinski definition) is 3. The van der Waals surface area contributed by atoms with E-state index >= 15 is 0 Å². The van der Waals surface area contributed by atoms with Crippen LogP contribution in [-0.4, -0.2) is 15.2 Å². The molecule has 3 nitrogen and oxygen atoms in total. The zero-order valence-electron chi connectivity index (χ0n) is 28.9. The van der Waals surface area contributed by atoms with Gasteiger partial charge in [-0.15, -0.1) is 10.2 Å². The summed E-state index contributed by atoms with van der Waals surface area (Å²) in [4.78, 5) is 5.15. The Hall–Kier alpha value is -6.97. The van der Waals surface area contributed by atoms with Crippen LogP contribution in [0.5, 0.6) is 0 Å². The van der Waals surface area contributed by atoms with Gasteiger partial charge in [0, 0.05) is 16.7 Å². The van der Waals surface area contributed by atoms with Gasteiger partial charge in [0.05, 0.1) is 5.41 Å². The van der Waals surface area contributed by atoms with Gasteiger partial charge in [-0.3, -0.25) is 0 Å². The Morgan fingerprint density at radius 2 is 0.887 bits per heavy atom. The van der Waals surface area contributed by atoms with Crippen LogP contribution in [0.25, 0.3) is 66.9 Å². The predicted octanol–water partition coefficient (Wildman–Crippen LogP) is 12.1. The van der Waals surface area contributed by atoms with Gasteiger partial charge in [-0.2, -0.15) is 0 Å². The van der Waals surface area contributed by atoms with Gasteiger partial charge < -0.3 is 0 Å². The molecule has 1 aromatic heterocycles. The normalized spacial score (nSPS) is 12.7. The van der Waals surface area contributed by atoms with Crippen LogP contribution < -0.4 is 0 Å². The van der Waals surface area contributed by atoms with Gasteiger partial charge in [0.15, 0.2) is 5.82 Å². The maximum atomic E-state index is 5.15. The van der Waals surface area contributed by atoms with Gasteiger partial charge in [-0.05, 0) is 67.4 Å². The molecule has 0 unspecified atom stereocenters. The lowest BCUT2D eigenvalue weighted by molar-refractivity contribution is 0.769. The Morgan fingerprint density at radius 3 is 1.62 bits per heavy atom. The zero-order valence-corrected chi connectivity index (χ0v) is 28.9. The quantitative estimate of drug-likeness (QED) is 0.176. The molecule has 1 aliphatic rings. The number of aromatic nitrogens is 3. The number of hydrogen-bond donors (Lipinski definition) is 0. The second-order valence-electron chi connectivity index (χ2n) is 13.6. The monoisotopic (exact) mass is 675 g/mol. The topological polar surface area (TPSA) is 38.7 Å². The molecular weight excluding hydrogens is 643 g/mol. The molecule has 0 atom stereocenters. The molecular formula is C50H33N3. The van der Waals surface area contributed by atoms with Gasteiger partial charge in [0.25, 0.3) is 0 Å². The van der Waals surface area contributed by atoms with E-state index in [9.17, 15) is 0 Å². The Balaban J connectivity index is 1.06. The van der Waals surface area contributed by atoms with E-state index in [1.807, 2.05) is 18.2 Å². The summed E-state index contributed by atoms with van der Waals surface area (Å²) < 4.78 is 0. The Bertz CT molecular complexity index is 2730. The molecule has 0 radical (unpaired) electrons. The van der Waals surface area contributed by atoms with Crippen molar-refractivity contribution in [1.29, 1.82) is 0 Å². The SMILES string of the molecule is c1ccc(-c2nc(-c3ccc(-c4cccc(C5(c6ccccc6)c6ccccc6-c6ccccc65)c4)cc3)nnc2-c2ccc3ccccc3c2)cc1. The summed E-state index contributed by atoms with van der Waals surface area (Å²) in [6.07, 6.45) is 0. The lowest BCUT2D eigenvalue weighted by Gasteiger charge is -2.34. The third-order valence-corrected chi connectivity index (χ3v) is 10.7. The maximum Gasteiger partial charge on any atom is 0.182 e. The van der Waals surface area contributed by atoms with Gasteiger partial charge >= 0.3 is 0 Å². The summed E-state index contributed by atoms with van der Waals surface area (Å²) in [6.45, 7) is 0. The summed E-state index contributed by atoms with van der Waals surface area (Å²) in [6, 6.07) is 71.3. The summed E-state index contributed by atoms with van der Waals surface area (Å²) in [7, 11) is 0. The predicted molar refractivity (Wildman–Crippen MR) is 216 cm³/mol. The zero-order chi connectivity index (χ0) is 35.2. The molecule has 0 aliphatic heterocycles. The van der Waals surface area contributed by atoms with Crippen LogP contribution in [0.2, 0.25) is 0 Å². The smallest absolute Gasteiger partial charge is 0.182 e. The third kappa shape index (κ3) is 5.09. The van der Waals surface area contributed by atoms with Crippen molar-refractivity contribution >= 4 is 10.8 Å². The highest BCUT2D eigenvalue weighted by Crippen LogP contribution is 2.56. The number of rotatable bonds is 6. The fraction of sp³-hybridized carbons (Fsp3) is 0.0200. The highest BCUT2D eigenvalue weighted by Gasteiger charge is 2.45. The molecule has 248 valence electrons. The number of benzene rings is 8. The van der Waals surface area contributed by atoms with Gasteiger partial charge in [-0.25, -0.2) is 4.98 Å². The molecule has 0 amide bonds. The number of fused-ring (bicyclic) bond motifs is 4. The minimum absolute atomic E-state index is 0.440. The summed E-state index contributed by atoms with van der Waals surface area (Å²) in [5, 5.41) is 11.8. The molecule has 1 heterocycles. The average molecular weight is 676 g/mol. The highest BCUT2D eigenvalue weighted by atomic mass is 15.2.